The van der Waals surface area contributed by atoms with Crippen LogP contribution in [0.2, 0.25) is 15.1 Å². The summed E-state index contributed by atoms with van der Waals surface area (Å²) in [5, 5.41) is 4.65. The molecule has 1 heterocycles. The van der Waals surface area contributed by atoms with Crippen molar-refractivity contribution in [1.29, 1.82) is 0 Å². The van der Waals surface area contributed by atoms with E-state index in [1.807, 2.05) is 18.2 Å². The number of carbonyl (C=O) groups excluding carboxylic acids is 1. The molecule has 0 bridgehead atoms. The average molecular weight is 384 g/mol. The van der Waals surface area contributed by atoms with E-state index in [-0.39, 0.29) is 5.91 Å². The van der Waals surface area contributed by atoms with E-state index in [0.29, 0.717) is 30.8 Å². The first-order valence-corrected chi connectivity index (χ1v) is 8.47. The predicted molar refractivity (Wildman–Crippen MR) is 98.7 cm³/mol. The zero-order valence-corrected chi connectivity index (χ0v) is 14.6. The zero-order chi connectivity index (χ0) is 16.4. The van der Waals surface area contributed by atoms with E-state index in [9.17, 15) is 4.79 Å². The molecule has 0 unspecified atom stereocenters. The molecule has 23 heavy (non-hydrogen) atoms. The van der Waals surface area contributed by atoms with Crippen LogP contribution in [0.15, 0.2) is 52.4 Å². The average Bonchev–Trinajstić information content (AvgIpc) is 2.85. The molecule has 3 rings (SSSR count). The molecule has 2 aromatic carbocycles. The molecule has 2 aromatic rings. The minimum Gasteiger partial charge on any atom is -0.300 e. The third-order valence-corrected chi connectivity index (χ3v) is 4.97. The lowest BCUT2D eigenvalue weighted by Crippen LogP contribution is -2.19. The van der Waals surface area contributed by atoms with Crippen LogP contribution in [0.3, 0.4) is 0 Å². The lowest BCUT2D eigenvalue weighted by molar-refractivity contribution is -0.115. The zero-order valence-electron chi connectivity index (χ0n) is 11.5. The van der Waals surface area contributed by atoms with Crippen molar-refractivity contribution in [3.05, 3.63) is 68.0 Å². The molecule has 1 N–H and O–H groups in total. The number of thioether (sulfide) groups is 1. The molecule has 1 amide bonds. The van der Waals surface area contributed by atoms with Gasteiger partial charge in [0.1, 0.15) is 0 Å². The Kier molecular flexibility index (Phi) is 4.97. The van der Waals surface area contributed by atoms with Gasteiger partial charge in [0.2, 0.25) is 0 Å². The summed E-state index contributed by atoms with van der Waals surface area (Å²) < 4.78 is 0. The van der Waals surface area contributed by atoms with Gasteiger partial charge >= 0.3 is 0 Å². The highest BCUT2D eigenvalue weighted by molar-refractivity contribution is 8.18. The first kappa shape index (κ1) is 16.4. The number of amidine groups is 1. The number of nitrogens with one attached hydrogen (secondary N) is 1. The summed E-state index contributed by atoms with van der Waals surface area (Å²) in [5.74, 6) is -0.214. The Labute approximate surface area is 152 Å². The summed E-state index contributed by atoms with van der Waals surface area (Å²) in [7, 11) is 0. The summed E-state index contributed by atoms with van der Waals surface area (Å²) in [6.07, 6.45) is 1.74. The van der Waals surface area contributed by atoms with Gasteiger partial charge in [0, 0.05) is 5.02 Å². The molecule has 0 saturated carbocycles. The monoisotopic (exact) mass is 382 g/mol. The summed E-state index contributed by atoms with van der Waals surface area (Å²) >= 11 is 19.2. The van der Waals surface area contributed by atoms with Gasteiger partial charge in [-0.2, -0.15) is 0 Å². The molecule has 0 spiro atoms. The van der Waals surface area contributed by atoms with E-state index in [2.05, 4.69) is 10.3 Å². The lowest BCUT2D eigenvalue weighted by atomic mass is 10.2. The van der Waals surface area contributed by atoms with E-state index in [1.165, 1.54) is 11.8 Å². The smallest absolute Gasteiger partial charge is 0.264 e. The largest absolute Gasteiger partial charge is 0.300 e. The second-order valence-electron chi connectivity index (χ2n) is 4.60. The normalized spacial score (nSPS) is 17.8. The molecule has 116 valence electrons. The van der Waals surface area contributed by atoms with Crippen molar-refractivity contribution in [2.75, 3.05) is 0 Å². The van der Waals surface area contributed by atoms with Gasteiger partial charge < -0.3 is 5.32 Å². The van der Waals surface area contributed by atoms with Crippen molar-refractivity contribution in [3.8, 4) is 0 Å². The van der Waals surface area contributed by atoms with Crippen molar-refractivity contribution >= 4 is 69.4 Å². The second kappa shape index (κ2) is 6.97. The van der Waals surface area contributed by atoms with Crippen LogP contribution in [0.1, 0.15) is 5.56 Å². The van der Waals surface area contributed by atoms with Crippen molar-refractivity contribution in [2.45, 2.75) is 0 Å². The summed E-state index contributed by atoms with van der Waals surface area (Å²) in [6, 6.07) is 12.3. The topological polar surface area (TPSA) is 41.5 Å². The van der Waals surface area contributed by atoms with Crippen molar-refractivity contribution < 1.29 is 4.79 Å². The number of aliphatic imine (C=N–C) groups is 1. The molecule has 0 aromatic heterocycles. The summed E-state index contributed by atoms with van der Waals surface area (Å²) in [6.45, 7) is 0. The number of hydrogen-bond acceptors (Lipinski definition) is 3. The SMILES string of the molecule is O=C1NC(=Nc2ccc(Cl)c(Cl)c2)SC1=Cc1ccccc1Cl. The number of rotatable bonds is 2. The van der Waals surface area contributed by atoms with E-state index in [1.54, 1.807) is 30.3 Å². The molecule has 1 saturated heterocycles. The maximum Gasteiger partial charge on any atom is 0.264 e. The third kappa shape index (κ3) is 3.90. The summed E-state index contributed by atoms with van der Waals surface area (Å²) in [4.78, 5) is 16.9. The van der Waals surface area contributed by atoms with Gasteiger partial charge in [-0.3, -0.25) is 4.79 Å². The Morgan fingerprint density at radius 1 is 1.00 bits per heavy atom. The van der Waals surface area contributed by atoms with Crippen LogP contribution in [-0.2, 0) is 4.79 Å². The Bertz CT molecular complexity index is 849. The molecule has 7 heteroatoms. The minimum absolute atomic E-state index is 0.214. The predicted octanol–water partition coefficient (Wildman–Crippen LogP) is 5.54. The third-order valence-electron chi connectivity index (χ3n) is 2.98. The standard InChI is InChI=1S/C16H9Cl3N2OS/c17-11-4-2-1-3-9(11)7-14-15(22)21-16(23-14)20-10-5-6-12(18)13(19)8-10/h1-8H,(H,20,21,22). The second-order valence-corrected chi connectivity index (χ2v) is 6.85. The number of benzene rings is 2. The van der Waals surface area contributed by atoms with Crippen molar-refractivity contribution in [2.24, 2.45) is 4.99 Å². The Hall–Kier alpha value is -1.46. The molecule has 0 radical (unpaired) electrons. The van der Waals surface area contributed by atoms with E-state index < -0.39 is 0 Å². The van der Waals surface area contributed by atoms with Crippen LogP contribution >= 0.6 is 46.6 Å². The van der Waals surface area contributed by atoms with Crippen molar-refractivity contribution in [1.82, 2.24) is 5.32 Å². The molecule has 0 atom stereocenters. The number of halogens is 3. The number of amides is 1. The highest BCUT2D eigenvalue weighted by Gasteiger charge is 2.24. The van der Waals surface area contributed by atoms with Gasteiger partial charge in [-0.15, -0.1) is 0 Å². The molecule has 1 aliphatic rings. The van der Waals surface area contributed by atoms with Crippen LogP contribution in [0.4, 0.5) is 5.69 Å². The highest BCUT2D eigenvalue weighted by Crippen LogP contribution is 2.31. The van der Waals surface area contributed by atoms with Gasteiger partial charge in [-0.1, -0.05) is 53.0 Å². The Morgan fingerprint density at radius 3 is 2.52 bits per heavy atom. The first-order chi connectivity index (χ1) is 11.0. The fourth-order valence-electron chi connectivity index (χ4n) is 1.89. The van der Waals surface area contributed by atoms with Crippen LogP contribution in [0.25, 0.3) is 6.08 Å². The molecular formula is C16H9Cl3N2OS. The number of nitrogens with zero attached hydrogens (tertiary/aromatic N) is 1. The molecule has 0 aliphatic carbocycles. The van der Waals surface area contributed by atoms with Gasteiger partial charge in [0.25, 0.3) is 5.91 Å². The van der Waals surface area contributed by atoms with E-state index >= 15 is 0 Å². The molecule has 3 nitrogen and oxygen atoms in total. The van der Waals surface area contributed by atoms with Crippen molar-refractivity contribution in [3.63, 3.8) is 0 Å². The van der Waals surface area contributed by atoms with Gasteiger partial charge in [-0.25, -0.2) is 4.99 Å². The van der Waals surface area contributed by atoms with E-state index in [0.717, 1.165) is 5.56 Å². The number of hydrogen-bond donors (Lipinski definition) is 1. The quantitative estimate of drug-likeness (QED) is 0.692. The highest BCUT2D eigenvalue weighted by atomic mass is 35.5. The van der Waals surface area contributed by atoms with Crippen LogP contribution in [0.5, 0.6) is 0 Å². The van der Waals surface area contributed by atoms with Crippen LogP contribution in [0, 0.1) is 0 Å². The maximum atomic E-state index is 12.0. The van der Waals surface area contributed by atoms with Gasteiger partial charge in [-0.05, 0) is 47.7 Å². The Balaban J connectivity index is 1.86. The Morgan fingerprint density at radius 2 is 1.78 bits per heavy atom. The van der Waals surface area contributed by atoms with Crippen LogP contribution < -0.4 is 5.32 Å². The fourth-order valence-corrected chi connectivity index (χ4v) is 3.20. The maximum absolute atomic E-state index is 12.0. The van der Waals surface area contributed by atoms with Gasteiger partial charge in [0.05, 0.1) is 20.6 Å². The molecular weight excluding hydrogens is 375 g/mol. The van der Waals surface area contributed by atoms with Crippen LogP contribution in [-0.4, -0.2) is 11.1 Å². The number of carbonyl (C=O) groups is 1. The minimum atomic E-state index is -0.214. The fraction of sp³-hybridized carbons (Fsp3) is 0. The summed E-state index contributed by atoms with van der Waals surface area (Å²) in [5.41, 5.74) is 1.39. The van der Waals surface area contributed by atoms with E-state index in [4.69, 9.17) is 34.8 Å². The first-order valence-electron chi connectivity index (χ1n) is 6.52. The van der Waals surface area contributed by atoms with Gasteiger partial charge in [0.15, 0.2) is 5.17 Å². The molecule has 1 fully saturated rings. The molecule has 1 aliphatic heterocycles. The lowest BCUT2D eigenvalue weighted by Gasteiger charge is -1.99.